The quantitative estimate of drug-likeness (QED) is 0.268. The number of rotatable bonds is 4. The van der Waals surface area contributed by atoms with E-state index in [1.807, 2.05) is 54.7 Å². The first-order valence-electron chi connectivity index (χ1n) is 16.6. The fraction of sp³-hybridized carbons (Fsp3) is 0. The summed E-state index contributed by atoms with van der Waals surface area (Å²) < 4.78 is 8.97. The second kappa shape index (κ2) is 11.1. The molecule has 0 unspecified atom stereocenters. The number of aromatic nitrogens is 5. The van der Waals surface area contributed by atoms with E-state index in [1.165, 1.54) is 27.3 Å². The zero-order valence-electron chi connectivity index (χ0n) is 28.0. The Hall–Kier alpha value is -5.82. The Bertz CT molecular complexity index is 2710. The summed E-state index contributed by atoms with van der Waals surface area (Å²) in [6.07, 6.45) is 1.84. The van der Waals surface area contributed by atoms with E-state index < -0.39 is 0 Å². The Balaban J connectivity index is 1.33. The molecule has 49 heavy (non-hydrogen) atoms. The highest BCUT2D eigenvalue weighted by atomic mass is 16.3. The predicted molar refractivity (Wildman–Crippen MR) is 216 cm³/mol. The highest BCUT2D eigenvalue weighted by Crippen LogP contribution is 2.40. The molecule has 6 nitrogen and oxygen atoms in total. The van der Waals surface area contributed by atoms with Crippen molar-refractivity contribution in [1.82, 2.24) is 24.5 Å². The Kier molecular flexibility index (Phi) is 6.66. The van der Waals surface area contributed by atoms with Gasteiger partial charge in [0.15, 0.2) is 23.1 Å². The molecule has 4 heterocycles. The molecule has 0 radical (unpaired) electrons. The van der Waals surface area contributed by atoms with Crippen molar-refractivity contribution in [2.24, 2.45) is 0 Å². The van der Waals surface area contributed by atoms with Crippen LogP contribution in [0.25, 0.3) is 83.7 Å². The van der Waals surface area contributed by atoms with E-state index in [2.05, 4.69) is 98.4 Å². The summed E-state index contributed by atoms with van der Waals surface area (Å²) in [4.78, 5) is 20.3. The van der Waals surface area contributed by atoms with E-state index in [1.54, 1.807) is 0 Å². The normalized spacial score (nSPS) is 11.7. The topological polar surface area (TPSA) is 69.6 Å². The van der Waals surface area contributed by atoms with Gasteiger partial charge in [-0.2, -0.15) is 0 Å². The molecular formula is C38H28B5N5O. The lowest BCUT2D eigenvalue weighted by molar-refractivity contribution is 0.666. The number of nitrogens with zero attached hydrogens (tertiary/aromatic N) is 5. The van der Waals surface area contributed by atoms with Gasteiger partial charge in [-0.25, -0.2) is 19.9 Å². The average Bonchev–Trinajstić information content (AvgIpc) is 3.70. The number of benzene rings is 5. The Morgan fingerprint density at radius 3 is 2.00 bits per heavy atom. The number of fused-ring (bicyclic) bond motifs is 6. The van der Waals surface area contributed by atoms with E-state index >= 15 is 0 Å². The molecule has 0 saturated carbocycles. The van der Waals surface area contributed by atoms with Crippen LogP contribution in [-0.4, -0.2) is 63.7 Å². The number of hydrogen-bond donors (Lipinski definition) is 0. The maximum Gasteiger partial charge on any atom is 0.164 e. The van der Waals surface area contributed by atoms with Gasteiger partial charge in [-0.15, -0.1) is 16.4 Å². The number of para-hydroxylation sites is 2. The lowest BCUT2D eigenvalue weighted by Gasteiger charge is -2.20. The van der Waals surface area contributed by atoms with Gasteiger partial charge in [0.2, 0.25) is 0 Å². The van der Waals surface area contributed by atoms with Crippen LogP contribution in [0.4, 0.5) is 0 Å². The highest BCUT2D eigenvalue weighted by molar-refractivity contribution is 6.68. The van der Waals surface area contributed by atoms with Crippen molar-refractivity contribution in [3.05, 3.63) is 109 Å². The van der Waals surface area contributed by atoms with Gasteiger partial charge in [0.05, 0.1) is 11.2 Å². The van der Waals surface area contributed by atoms with Gasteiger partial charge in [-0.05, 0) is 30.3 Å². The van der Waals surface area contributed by atoms with Crippen molar-refractivity contribution in [2.45, 2.75) is 0 Å². The summed E-state index contributed by atoms with van der Waals surface area (Å²) >= 11 is 0. The summed E-state index contributed by atoms with van der Waals surface area (Å²) in [5, 5.41) is 4.21. The van der Waals surface area contributed by atoms with Gasteiger partial charge >= 0.3 is 0 Å². The Morgan fingerprint density at radius 1 is 0.531 bits per heavy atom. The van der Waals surface area contributed by atoms with E-state index in [9.17, 15) is 0 Å². The van der Waals surface area contributed by atoms with Crippen LogP contribution in [0.15, 0.2) is 114 Å². The lowest BCUT2D eigenvalue weighted by atomic mass is 9.60. The van der Waals surface area contributed by atoms with E-state index in [-0.39, 0.29) is 0 Å². The average molecular weight is 625 g/mol. The van der Waals surface area contributed by atoms with Crippen LogP contribution in [-0.2, 0) is 0 Å². The first-order chi connectivity index (χ1) is 23.9. The third-order valence-corrected chi connectivity index (χ3v) is 10.3. The molecule has 5 aromatic carbocycles. The van der Waals surface area contributed by atoms with Crippen molar-refractivity contribution in [1.29, 1.82) is 0 Å². The van der Waals surface area contributed by atoms with E-state index in [0.29, 0.717) is 17.5 Å². The predicted octanol–water partition coefficient (Wildman–Crippen LogP) is 0.556. The number of hydrogen-bond acceptors (Lipinski definition) is 5. The van der Waals surface area contributed by atoms with Gasteiger partial charge in [0.25, 0.3) is 0 Å². The van der Waals surface area contributed by atoms with Crippen LogP contribution in [0.2, 0.25) is 0 Å². The SMILES string of the molecule is Bc1c(B)c(B)c(-c2nc(-c3ccccc3)nc(-c3cccc4oc5c(-n6c7ccccc7c7cccnc76)cccc5c34)n2)c(B)c1B. The molecule has 0 bridgehead atoms. The molecular weight excluding hydrogens is 597 g/mol. The zero-order valence-corrected chi connectivity index (χ0v) is 28.0. The second-order valence-electron chi connectivity index (χ2n) is 12.8. The zero-order chi connectivity index (χ0) is 33.4. The summed E-state index contributed by atoms with van der Waals surface area (Å²) in [6.45, 7) is 0. The minimum Gasteiger partial charge on any atom is -0.454 e. The third-order valence-electron chi connectivity index (χ3n) is 10.3. The first kappa shape index (κ1) is 29.3. The fourth-order valence-corrected chi connectivity index (χ4v) is 7.39. The highest BCUT2D eigenvalue weighted by Gasteiger charge is 2.23. The monoisotopic (exact) mass is 625 g/mol. The smallest absolute Gasteiger partial charge is 0.164 e. The molecule has 0 fully saturated rings. The van der Waals surface area contributed by atoms with Gasteiger partial charge in [-0.1, -0.05) is 83.7 Å². The standard InChI is InChI=1S/C38H28B5N5O/c39-29-28(30(40)32(42)33(43)31(29)41)37-46-35(19-9-2-1-3-10-19)45-36(47-37)23-13-7-17-26-27(23)22-12-6-16-25(34(22)49-26)48-24-15-5-4-11-20(24)21-14-8-18-44-38(21)48/h1-18H,39-43H2. The molecule has 0 saturated heterocycles. The maximum absolute atomic E-state index is 6.76. The van der Waals surface area contributed by atoms with Crippen LogP contribution >= 0.6 is 0 Å². The molecule has 226 valence electrons. The fourth-order valence-electron chi connectivity index (χ4n) is 7.39. The molecule has 9 rings (SSSR count). The molecule has 0 aliphatic rings. The summed E-state index contributed by atoms with van der Waals surface area (Å²) in [7, 11) is 10.9. The summed E-state index contributed by atoms with van der Waals surface area (Å²) in [6, 6.07) is 35.1. The van der Waals surface area contributed by atoms with Crippen LogP contribution < -0.4 is 27.3 Å². The summed E-state index contributed by atoms with van der Waals surface area (Å²) in [5.74, 6) is 1.92. The minimum atomic E-state index is 0.607. The van der Waals surface area contributed by atoms with Crippen molar-refractivity contribution in [2.75, 3.05) is 0 Å². The molecule has 0 aliphatic heterocycles. The molecule has 0 aliphatic carbocycles. The maximum atomic E-state index is 6.76. The second-order valence-corrected chi connectivity index (χ2v) is 12.8. The van der Waals surface area contributed by atoms with Gasteiger partial charge in [0, 0.05) is 44.4 Å². The molecule has 0 amide bonds. The lowest BCUT2D eigenvalue weighted by Crippen LogP contribution is -2.55. The first-order valence-corrected chi connectivity index (χ1v) is 16.6. The van der Waals surface area contributed by atoms with E-state index in [0.717, 1.165) is 66.3 Å². The molecule has 0 N–H and O–H groups in total. The number of furan rings is 1. The van der Waals surface area contributed by atoms with Gasteiger partial charge < -0.3 is 4.42 Å². The van der Waals surface area contributed by atoms with Crippen LogP contribution in [0.5, 0.6) is 0 Å². The molecule has 0 atom stereocenters. The van der Waals surface area contributed by atoms with Crippen molar-refractivity contribution in [3.63, 3.8) is 0 Å². The Labute approximate surface area is 287 Å². The van der Waals surface area contributed by atoms with Crippen molar-refractivity contribution >= 4 is 110 Å². The largest absolute Gasteiger partial charge is 0.454 e. The van der Waals surface area contributed by atoms with Crippen molar-refractivity contribution in [3.8, 4) is 39.9 Å². The Morgan fingerprint density at radius 2 is 1.18 bits per heavy atom. The minimum absolute atomic E-state index is 0.607. The van der Waals surface area contributed by atoms with Gasteiger partial charge in [-0.3, -0.25) is 4.57 Å². The van der Waals surface area contributed by atoms with Crippen LogP contribution in [0, 0.1) is 0 Å². The van der Waals surface area contributed by atoms with Crippen molar-refractivity contribution < 1.29 is 4.42 Å². The third kappa shape index (κ3) is 4.42. The van der Waals surface area contributed by atoms with Crippen LogP contribution in [0.3, 0.4) is 0 Å². The molecule has 0 spiro atoms. The molecule has 4 aromatic heterocycles. The van der Waals surface area contributed by atoms with E-state index in [4.69, 9.17) is 24.4 Å². The van der Waals surface area contributed by atoms with Gasteiger partial charge in [0.1, 0.15) is 50.5 Å². The summed E-state index contributed by atoms with van der Waals surface area (Å²) in [5.41, 5.74) is 13.6. The number of pyridine rings is 1. The van der Waals surface area contributed by atoms with Crippen LogP contribution in [0.1, 0.15) is 0 Å². The molecule has 9 aromatic rings. The molecule has 11 heteroatoms.